The highest BCUT2D eigenvalue weighted by Gasteiger charge is 2.80. The van der Waals surface area contributed by atoms with E-state index in [0.29, 0.717) is 5.56 Å². The van der Waals surface area contributed by atoms with Gasteiger partial charge in [0.1, 0.15) is 17.5 Å². The number of benzene rings is 2. The van der Waals surface area contributed by atoms with Crippen molar-refractivity contribution < 1.29 is 39.3 Å². The lowest BCUT2D eigenvalue weighted by Crippen LogP contribution is -2.82. The first-order valence-electron chi connectivity index (χ1n) is 13.6. The van der Waals surface area contributed by atoms with Crippen molar-refractivity contribution in [3.63, 3.8) is 0 Å². The molecule has 2 fully saturated rings. The number of aromatic hydroxyl groups is 1. The van der Waals surface area contributed by atoms with E-state index in [1.807, 2.05) is 30.3 Å². The molecular formula is C32H34O8. The van der Waals surface area contributed by atoms with E-state index in [9.17, 15) is 39.3 Å². The van der Waals surface area contributed by atoms with Crippen LogP contribution in [0.5, 0.6) is 5.75 Å². The van der Waals surface area contributed by atoms with Gasteiger partial charge in [0, 0.05) is 16.7 Å². The summed E-state index contributed by atoms with van der Waals surface area (Å²) in [5, 5.41) is 35.4. The molecule has 8 heteroatoms. The molecule has 0 aromatic heterocycles. The Morgan fingerprint density at radius 2 is 1.57 bits per heavy atom. The molecule has 3 aliphatic rings. The zero-order valence-electron chi connectivity index (χ0n) is 23.2. The molecule has 40 heavy (non-hydrogen) atoms. The first kappa shape index (κ1) is 28.1. The maximum Gasteiger partial charge on any atom is 0.191 e. The lowest BCUT2D eigenvalue weighted by Gasteiger charge is -2.65. The monoisotopic (exact) mass is 546 g/mol. The summed E-state index contributed by atoms with van der Waals surface area (Å²) in [7, 11) is 0. The molecule has 8 nitrogen and oxygen atoms in total. The minimum absolute atomic E-state index is 0.0958. The Bertz CT molecular complexity index is 1460. The van der Waals surface area contributed by atoms with Crippen LogP contribution in [0.2, 0.25) is 0 Å². The van der Waals surface area contributed by atoms with E-state index in [-0.39, 0.29) is 17.7 Å². The van der Waals surface area contributed by atoms with Gasteiger partial charge in [-0.2, -0.15) is 0 Å². The molecule has 0 amide bonds. The maximum absolute atomic E-state index is 14.5. The van der Waals surface area contributed by atoms with Crippen molar-refractivity contribution >= 4 is 28.9 Å². The number of carbonyl (C=O) groups is 5. The van der Waals surface area contributed by atoms with Crippen molar-refractivity contribution in [3.8, 4) is 5.75 Å². The van der Waals surface area contributed by atoms with Crippen molar-refractivity contribution in [1.29, 1.82) is 0 Å². The fourth-order valence-electron chi connectivity index (χ4n) is 8.33. The molecule has 2 aromatic rings. The highest BCUT2D eigenvalue weighted by Crippen LogP contribution is 2.67. The van der Waals surface area contributed by atoms with Crippen molar-refractivity contribution in [2.75, 3.05) is 0 Å². The summed E-state index contributed by atoms with van der Waals surface area (Å²) >= 11 is 0. The molecule has 2 aromatic carbocycles. The highest BCUT2D eigenvalue weighted by atomic mass is 16.3. The van der Waals surface area contributed by atoms with Gasteiger partial charge in [-0.05, 0) is 42.4 Å². The molecule has 4 unspecified atom stereocenters. The van der Waals surface area contributed by atoms with Gasteiger partial charge >= 0.3 is 0 Å². The van der Waals surface area contributed by atoms with Gasteiger partial charge in [0.2, 0.25) is 0 Å². The van der Waals surface area contributed by atoms with Gasteiger partial charge in [-0.25, -0.2) is 0 Å². The Morgan fingerprint density at radius 1 is 0.950 bits per heavy atom. The largest absolute Gasteiger partial charge is 0.507 e. The highest BCUT2D eigenvalue weighted by molar-refractivity contribution is 6.32. The summed E-state index contributed by atoms with van der Waals surface area (Å²) < 4.78 is 0. The van der Waals surface area contributed by atoms with Crippen LogP contribution in [0.1, 0.15) is 62.0 Å². The number of ketones is 5. The fourth-order valence-corrected chi connectivity index (χ4v) is 8.33. The summed E-state index contributed by atoms with van der Waals surface area (Å²) in [6.07, 6.45) is -1.44. The van der Waals surface area contributed by atoms with E-state index in [1.54, 1.807) is 32.9 Å². The summed E-state index contributed by atoms with van der Waals surface area (Å²) in [6, 6.07) is 13.8. The van der Waals surface area contributed by atoms with Crippen molar-refractivity contribution in [3.05, 3.63) is 65.2 Å². The number of hydrogen-bond acceptors (Lipinski definition) is 8. The number of fused-ring (bicyclic) bond motifs is 3. The SMILES string of the molecule is CC(=O)C1C(=O)C(C(C)C)[C@@]2(C)[C@H](O)[C@]3(C)C(C(=O)c4c(O)cccc4C3Cc3ccccc3)C(=O)[C@@]2(O)C1=O. The van der Waals surface area contributed by atoms with Gasteiger partial charge in [0.15, 0.2) is 28.7 Å². The Balaban J connectivity index is 1.84. The summed E-state index contributed by atoms with van der Waals surface area (Å²) in [4.78, 5) is 68.8. The Kier molecular flexibility index (Phi) is 6.32. The summed E-state index contributed by atoms with van der Waals surface area (Å²) in [5.41, 5.74) is -5.42. The second-order valence-electron chi connectivity index (χ2n) is 12.4. The second kappa shape index (κ2) is 9.01. The number of hydrogen-bond donors (Lipinski definition) is 3. The average Bonchev–Trinajstić information content (AvgIpc) is 2.88. The van der Waals surface area contributed by atoms with E-state index in [4.69, 9.17) is 0 Å². The molecule has 0 radical (unpaired) electrons. The van der Waals surface area contributed by atoms with Gasteiger partial charge in [-0.15, -0.1) is 0 Å². The van der Waals surface area contributed by atoms with Crippen LogP contribution < -0.4 is 0 Å². The Morgan fingerprint density at radius 3 is 2.15 bits per heavy atom. The molecule has 0 bridgehead atoms. The standard InChI is InChI=1S/C32H34O8/c1-15(2)23-25(35)21(16(3)33)27(37)32(40)28(38)24-26(36)22-18(12-9-13-20(22)34)19(14-17-10-7-6-8-11-17)30(24,4)29(39)31(23,32)5/h6-13,15,19,21,23-24,29,34,39-40H,14H2,1-5H3/t19?,21?,23?,24?,29-,30+,31+,32+/m1/s1. The van der Waals surface area contributed by atoms with Gasteiger partial charge in [-0.1, -0.05) is 70.2 Å². The first-order valence-corrected chi connectivity index (χ1v) is 13.6. The van der Waals surface area contributed by atoms with Crippen LogP contribution in [0, 0.1) is 34.5 Å². The molecule has 0 spiro atoms. The number of aliphatic hydroxyl groups is 2. The minimum atomic E-state index is -2.98. The van der Waals surface area contributed by atoms with E-state index < -0.39 is 81.0 Å². The zero-order chi connectivity index (χ0) is 29.5. The van der Waals surface area contributed by atoms with Gasteiger partial charge in [0.25, 0.3) is 0 Å². The van der Waals surface area contributed by atoms with E-state index in [0.717, 1.165) is 12.5 Å². The topological polar surface area (TPSA) is 146 Å². The van der Waals surface area contributed by atoms with Crippen LogP contribution >= 0.6 is 0 Å². The van der Waals surface area contributed by atoms with Crippen molar-refractivity contribution in [1.82, 2.24) is 0 Å². The smallest absolute Gasteiger partial charge is 0.191 e. The lowest BCUT2D eigenvalue weighted by molar-refractivity contribution is -0.241. The maximum atomic E-state index is 14.5. The third-order valence-electron chi connectivity index (χ3n) is 10.1. The molecule has 0 saturated heterocycles. The predicted octanol–water partition coefficient (Wildman–Crippen LogP) is 2.85. The molecule has 8 atom stereocenters. The summed E-state index contributed by atoms with van der Waals surface area (Å²) in [5.74, 6) is -11.3. The van der Waals surface area contributed by atoms with E-state index in [1.165, 1.54) is 13.0 Å². The number of phenolic OH excluding ortho intramolecular Hbond substituents is 1. The van der Waals surface area contributed by atoms with Gasteiger partial charge in [0.05, 0.1) is 17.6 Å². The van der Waals surface area contributed by atoms with Gasteiger partial charge in [-0.3, -0.25) is 24.0 Å². The number of phenols is 1. The minimum Gasteiger partial charge on any atom is -0.507 e. The molecule has 3 N–H and O–H groups in total. The van der Waals surface area contributed by atoms with Crippen LogP contribution in [0.15, 0.2) is 48.5 Å². The van der Waals surface area contributed by atoms with Crippen LogP contribution in [-0.4, -0.2) is 55.9 Å². The van der Waals surface area contributed by atoms with Crippen LogP contribution in [0.25, 0.3) is 0 Å². The van der Waals surface area contributed by atoms with Crippen LogP contribution in [-0.2, 0) is 25.6 Å². The number of aliphatic hydroxyl groups excluding tert-OH is 1. The Labute approximate surface area is 232 Å². The zero-order valence-corrected chi connectivity index (χ0v) is 23.2. The lowest BCUT2D eigenvalue weighted by atomic mass is 9.37. The summed E-state index contributed by atoms with van der Waals surface area (Å²) in [6.45, 7) is 7.35. The van der Waals surface area contributed by atoms with Crippen LogP contribution in [0.4, 0.5) is 0 Å². The van der Waals surface area contributed by atoms with Crippen molar-refractivity contribution in [2.45, 2.75) is 58.7 Å². The van der Waals surface area contributed by atoms with E-state index in [2.05, 4.69) is 0 Å². The predicted molar refractivity (Wildman–Crippen MR) is 144 cm³/mol. The second-order valence-corrected chi connectivity index (χ2v) is 12.4. The third kappa shape index (κ3) is 3.23. The van der Waals surface area contributed by atoms with Gasteiger partial charge < -0.3 is 15.3 Å². The molecule has 0 aliphatic heterocycles. The van der Waals surface area contributed by atoms with Crippen LogP contribution in [0.3, 0.4) is 0 Å². The molecule has 5 rings (SSSR count). The normalized spacial score (nSPS) is 37.1. The Hall–Kier alpha value is -3.49. The van der Waals surface area contributed by atoms with Crippen molar-refractivity contribution in [2.24, 2.45) is 34.5 Å². The molecule has 0 heterocycles. The number of Topliss-reactive ketones (excluding diaryl/α,β-unsaturated/α-hetero) is 5. The third-order valence-corrected chi connectivity index (χ3v) is 10.1. The number of carbonyl (C=O) groups excluding carboxylic acids is 5. The van der Waals surface area contributed by atoms with E-state index >= 15 is 0 Å². The quantitative estimate of drug-likeness (QED) is 0.496. The molecule has 2 saturated carbocycles. The number of rotatable bonds is 4. The average molecular weight is 547 g/mol. The molecule has 210 valence electrons. The first-order chi connectivity index (χ1) is 18.7. The molecule has 3 aliphatic carbocycles. The fraction of sp³-hybridized carbons (Fsp3) is 0.469. The molecular weight excluding hydrogens is 512 g/mol.